The van der Waals surface area contributed by atoms with Crippen molar-refractivity contribution in [2.45, 2.75) is 13.0 Å². The van der Waals surface area contributed by atoms with E-state index in [4.69, 9.17) is 16.0 Å². The van der Waals surface area contributed by atoms with Crippen LogP contribution >= 0.6 is 11.6 Å². The summed E-state index contributed by atoms with van der Waals surface area (Å²) in [6.07, 6.45) is 0. The monoisotopic (exact) mass is 345 g/mol. The van der Waals surface area contributed by atoms with E-state index in [9.17, 15) is 9.59 Å². The normalized spacial score (nSPS) is 12.1. The summed E-state index contributed by atoms with van der Waals surface area (Å²) in [4.78, 5) is 23.7. The van der Waals surface area contributed by atoms with Crippen LogP contribution in [0.25, 0.3) is 11.1 Å². The lowest BCUT2D eigenvalue weighted by atomic mass is 10.1. The maximum Gasteiger partial charge on any atom is 0.419 e. The zero-order chi connectivity index (χ0) is 17.3. The highest BCUT2D eigenvalue weighted by Gasteiger charge is 2.13. The lowest BCUT2D eigenvalue weighted by Gasteiger charge is -2.16. The number of rotatable bonds is 3. The Kier molecular flexibility index (Phi) is 4.31. The van der Waals surface area contributed by atoms with Gasteiger partial charge in [-0.15, -0.1) is 0 Å². The molecule has 2 N–H and O–H groups in total. The molecule has 7 heteroatoms. The fourth-order valence-corrected chi connectivity index (χ4v) is 2.77. The summed E-state index contributed by atoms with van der Waals surface area (Å²) < 4.78 is 6.44. The van der Waals surface area contributed by atoms with Gasteiger partial charge in [-0.25, -0.2) is 9.59 Å². The minimum atomic E-state index is -0.445. The van der Waals surface area contributed by atoms with Crippen LogP contribution in [0.2, 0.25) is 5.02 Å². The van der Waals surface area contributed by atoms with Crippen LogP contribution in [0, 0.1) is 0 Å². The molecular weight excluding hydrogens is 330 g/mol. The summed E-state index contributed by atoms with van der Waals surface area (Å²) in [6, 6.07) is 11.7. The average Bonchev–Trinajstić information content (AvgIpc) is 2.82. The first-order chi connectivity index (χ1) is 11.5. The van der Waals surface area contributed by atoms with Crippen molar-refractivity contribution in [3.63, 3.8) is 0 Å². The number of anilines is 1. The number of hydrogen-bond donors (Lipinski definition) is 2. The second-order valence-corrected chi connectivity index (χ2v) is 5.86. The molecule has 0 aliphatic rings. The highest BCUT2D eigenvalue weighted by molar-refractivity contribution is 6.31. The number of carbonyl (C=O) groups is 1. The highest BCUT2D eigenvalue weighted by atomic mass is 35.5. The molecule has 6 nitrogen and oxygen atoms in total. The Labute approximate surface area is 143 Å². The van der Waals surface area contributed by atoms with E-state index in [0.29, 0.717) is 21.8 Å². The average molecular weight is 346 g/mol. The van der Waals surface area contributed by atoms with Crippen LogP contribution in [0.15, 0.2) is 51.7 Å². The summed E-state index contributed by atoms with van der Waals surface area (Å²) >= 11 is 6.13. The number of oxazole rings is 1. The van der Waals surface area contributed by atoms with E-state index >= 15 is 0 Å². The second-order valence-electron chi connectivity index (χ2n) is 5.45. The van der Waals surface area contributed by atoms with Crippen LogP contribution in [0.4, 0.5) is 10.5 Å². The van der Waals surface area contributed by atoms with Gasteiger partial charge < -0.3 is 15.1 Å². The molecule has 1 heterocycles. The molecule has 1 aromatic heterocycles. The maximum atomic E-state index is 12.2. The first-order valence-corrected chi connectivity index (χ1v) is 7.75. The molecule has 2 amide bonds. The van der Waals surface area contributed by atoms with Crippen molar-refractivity contribution in [1.82, 2.24) is 9.88 Å². The fourth-order valence-electron chi connectivity index (χ4n) is 2.47. The number of aryl methyl sites for hydroxylation is 1. The molecule has 124 valence electrons. The van der Waals surface area contributed by atoms with E-state index in [2.05, 4.69) is 10.6 Å². The van der Waals surface area contributed by atoms with Crippen LogP contribution in [-0.4, -0.2) is 10.6 Å². The van der Waals surface area contributed by atoms with Gasteiger partial charge in [0.1, 0.15) is 0 Å². The molecule has 3 aromatic rings. The fraction of sp³-hybridized carbons (Fsp3) is 0.176. The molecule has 0 bridgehead atoms. The van der Waals surface area contributed by atoms with Crippen molar-refractivity contribution < 1.29 is 9.21 Å². The first-order valence-electron chi connectivity index (χ1n) is 7.37. The van der Waals surface area contributed by atoms with Crippen LogP contribution in [0.3, 0.4) is 0 Å². The van der Waals surface area contributed by atoms with E-state index in [-0.39, 0.29) is 12.1 Å². The molecule has 0 spiro atoms. The Morgan fingerprint density at radius 3 is 2.75 bits per heavy atom. The molecule has 0 radical (unpaired) electrons. The van der Waals surface area contributed by atoms with Crippen LogP contribution in [0.5, 0.6) is 0 Å². The standard InChI is InChI=1S/C17H16ClN3O3/c1-10(12-5-3-4-6-13(12)18)19-16(22)20-11-7-8-15-14(9-11)21(2)17(23)24-15/h3-10H,1-2H3,(H2,19,20,22)/t10-/m0/s1. The largest absolute Gasteiger partial charge is 0.419 e. The maximum absolute atomic E-state index is 12.2. The molecule has 0 saturated heterocycles. The molecule has 0 aliphatic heterocycles. The Morgan fingerprint density at radius 1 is 1.25 bits per heavy atom. The van der Waals surface area contributed by atoms with E-state index in [1.165, 1.54) is 4.57 Å². The van der Waals surface area contributed by atoms with E-state index in [0.717, 1.165) is 5.56 Å². The van der Waals surface area contributed by atoms with Gasteiger partial charge in [0.15, 0.2) is 5.58 Å². The molecule has 24 heavy (non-hydrogen) atoms. The molecular formula is C17H16ClN3O3. The van der Waals surface area contributed by atoms with Gasteiger partial charge in [-0.05, 0) is 36.8 Å². The van der Waals surface area contributed by atoms with Gasteiger partial charge in [0.2, 0.25) is 0 Å². The van der Waals surface area contributed by atoms with Crippen molar-refractivity contribution in [2.75, 3.05) is 5.32 Å². The number of nitrogens with one attached hydrogen (secondary N) is 2. The minimum absolute atomic E-state index is 0.249. The summed E-state index contributed by atoms with van der Waals surface area (Å²) in [5.41, 5.74) is 2.47. The van der Waals surface area contributed by atoms with Gasteiger partial charge >= 0.3 is 11.8 Å². The van der Waals surface area contributed by atoms with Crippen LogP contribution in [-0.2, 0) is 7.05 Å². The van der Waals surface area contributed by atoms with Crippen molar-refractivity contribution in [2.24, 2.45) is 7.05 Å². The summed E-state index contributed by atoms with van der Waals surface area (Å²) in [5, 5.41) is 6.16. The number of amides is 2. The molecule has 1 atom stereocenters. The zero-order valence-corrected chi connectivity index (χ0v) is 13.9. The Morgan fingerprint density at radius 2 is 2.00 bits per heavy atom. The van der Waals surface area contributed by atoms with Gasteiger partial charge in [-0.3, -0.25) is 4.57 Å². The van der Waals surface area contributed by atoms with Gasteiger partial charge in [0.05, 0.1) is 11.6 Å². The number of aromatic nitrogens is 1. The predicted octanol–water partition coefficient (Wildman–Crippen LogP) is 3.67. The zero-order valence-electron chi connectivity index (χ0n) is 13.2. The van der Waals surface area contributed by atoms with Gasteiger partial charge in [-0.2, -0.15) is 0 Å². The van der Waals surface area contributed by atoms with E-state index in [1.807, 2.05) is 25.1 Å². The molecule has 3 rings (SSSR count). The van der Waals surface area contributed by atoms with Crippen molar-refractivity contribution >= 4 is 34.4 Å². The number of urea groups is 1. The van der Waals surface area contributed by atoms with Crippen LogP contribution < -0.4 is 16.4 Å². The molecule has 2 aromatic carbocycles. The molecule has 0 aliphatic carbocycles. The van der Waals surface area contributed by atoms with Gasteiger partial charge in [0, 0.05) is 17.8 Å². The van der Waals surface area contributed by atoms with Crippen LogP contribution in [0.1, 0.15) is 18.5 Å². The number of halogens is 1. The smallest absolute Gasteiger partial charge is 0.408 e. The number of fused-ring (bicyclic) bond motifs is 1. The summed E-state index contributed by atoms with van der Waals surface area (Å²) in [7, 11) is 1.61. The topological polar surface area (TPSA) is 76.3 Å². The number of carbonyl (C=O) groups excluding carboxylic acids is 1. The third kappa shape index (κ3) is 3.14. The Balaban J connectivity index is 1.74. The molecule has 0 unspecified atom stereocenters. The van der Waals surface area contributed by atoms with Crippen molar-refractivity contribution in [3.05, 3.63) is 63.6 Å². The van der Waals surface area contributed by atoms with E-state index in [1.54, 1.807) is 31.3 Å². The second kappa shape index (κ2) is 6.41. The number of benzene rings is 2. The Bertz CT molecular complexity index is 961. The summed E-state index contributed by atoms with van der Waals surface area (Å²) in [5.74, 6) is -0.445. The van der Waals surface area contributed by atoms with Crippen molar-refractivity contribution in [1.29, 1.82) is 0 Å². The third-order valence-electron chi connectivity index (χ3n) is 3.77. The molecule has 0 saturated carbocycles. The summed E-state index contributed by atoms with van der Waals surface area (Å²) in [6.45, 7) is 1.85. The van der Waals surface area contributed by atoms with Gasteiger partial charge in [-0.1, -0.05) is 29.8 Å². The highest BCUT2D eigenvalue weighted by Crippen LogP contribution is 2.22. The first kappa shape index (κ1) is 16.1. The quantitative estimate of drug-likeness (QED) is 0.760. The SMILES string of the molecule is C[C@H](NC(=O)Nc1ccc2oc(=O)n(C)c2c1)c1ccccc1Cl. The van der Waals surface area contributed by atoms with E-state index < -0.39 is 5.76 Å². The minimum Gasteiger partial charge on any atom is -0.408 e. The third-order valence-corrected chi connectivity index (χ3v) is 4.11. The lowest BCUT2D eigenvalue weighted by Crippen LogP contribution is -2.31. The molecule has 0 fully saturated rings. The number of hydrogen-bond acceptors (Lipinski definition) is 3. The lowest BCUT2D eigenvalue weighted by molar-refractivity contribution is 0.249. The number of nitrogens with zero attached hydrogens (tertiary/aromatic N) is 1. The predicted molar refractivity (Wildman–Crippen MR) is 93.5 cm³/mol. The van der Waals surface area contributed by atoms with Gasteiger partial charge in [0.25, 0.3) is 0 Å². The Hall–Kier alpha value is -2.73. The van der Waals surface area contributed by atoms with Crippen molar-refractivity contribution in [3.8, 4) is 0 Å².